The van der Waals surface area contributed by atoms with Crippen molar-refractivity contribution >= 4 is 43.5 Å². The molecule has 1 N–H and O–H groups in total. The highest BCUT2D eigenvalue weighted by molar-refractivity contribution is 9.10. The molecule has 0 aliphatic rings. The van der Waals surface area contributed by atoms with E-state index in [1.54, 1.807) is 31.2 Å². The van der Waals surface area contributed by atoms with E-state index < -0.39 is 28.5 Å². The third kappa shape index (κ3) is 7.23. The summed E-state index contributed by atoms with van der Waals surface area (Å²) in [5, 5.41) is 2.85. The largest absolute Gasteiger partial charge is 0.354 e. The van der Waals surface area contributed by atoms with Gasteiger partial charge in [0.05, 0.1) is 10.6 Å². The lowest BCUT2D eigenvalue weighted by Gasteiger charge is -2.32. The predicted molar refractivity (Wildman–Crippen MR) is 154 cm³/mol. The van der Waals surface area contributed by atoms with Crippen LogP contribution < -0.4 is 9.62 Å². The maximum absolute atomic E-state index is 13.9. The fourth-order valence-corrected chi connectivity index (χ4v) is 5.85. The Hall–Kier alpha value is -3.17. The second kappa shape index (κ2) is 13.1. The average molecular weight is 601 g/mol. The molecule has 3 aromatic carbocycles. The van der Waals surface area contributed by atoms with Gasteiger partial charge in [-0.1, -0.05) is 70.9 Å². The first-order chi connectivity index (χ1) is 18.0. The lowest BCUT2D eigenvalue weighted by molar-refractivity contribution is -0.139. The number of carbonyl (C=O) groups excluding carboxylic acids is 2. The molecule has 0 saturated heterocycles. The van der Waals surface area contributed by atoms with Crippen molar-refractivity contribution in [3.8, 4) is 0 Å². The van der Waals surface area contributed by atoms with Crippen molar-refractivity contribution in [1.29, 1.82) is 0 Å². The minimum Gasteiger partial charge on any atom is -0.354 e. The fourth-order valence-electron chi connectivity index (χ4n) is 4.08. The summed E-state index contributed by atoms with van der Waals surface area (Å²) in [7, 11) is -4.08. The second-order valence-corrected chi connectivity index (χ2v) is 12.0. The summed E-state index contributed by atoms with van der Waals surface area (Å²) in [6, 6.07) is 20.1. The summed E-state index contributed by atoms with van der Waals surface area (Å²) in [6.45, 7) is 7.54. The van der Waals surface area contributed by atoms with Gasteiger partial charge in [0.2, 0.25) is 11.8 Å². The Labute approximate surface area is 234 Å². The van der Waals surface area contributed by atoms with E-state index in [1.807, 2.05) is 57.2 Å². The molecule has 0 aliphatic heterocycles. The topological polar surface area (TPSA) is 86.8 Å². The Balaban J connectivity index is 2.03. The van der Waals surface area contributed by atoms with Gasteiger partial charge in [0.1, 0.15) is 12.6 Å². The van der Waals surface area contributed by atoms with E-state index >= 15 is 0 Å². The van der Waals surface area contributed by atoms with Crippen LogP contribution in [-0.4, -0.2) is 44.3 Å². The van der Waals surface area contributed by atoms with Gasteiger partial charge in [-0.05, 0) is 68.7 Å². The van der Waals surface area contributed by atoms with E-state index in [9.17, 15) is 18.0 Å². The van der Waals surface area contributed by atoms with E-state index in [0.29, 0.717) is 12.2 Å². The standard InChI is InChI=1S/C29H34BrN3O4S/c1-5-17-31-29(35)23(4)32(19-24-12-14-25(30)15-13-24)28(34)20-33(27-16-11-21(2)18-22(27)3)38(36,37)26-9-7-6-8-10-26/h6-16,18,23H,5,17,19-20H2,1-4H3,(H,31,35). The quantitative estimate of drug-likeness (QED) is 0.328. The first-order valence-corrected chi connectivity index (χ1v) is 14.7. The molecule has 38 heavy (non-hydrogen) atoms. The number of hydrogen-bond acceptors (Lipinski definition) is 4. The number of carbonyl (C=O) groups is 2. The van der Waals surface area contributed by atoms with Gasteiger partial charge in [-0.25, -0.2) is 8.42 Å². The minimum absolute atomic E-state index is 0.0842. The number of amides is 2. The maximum Gasteiger partial charge on any atom is 0.264 e. The number of sulfonamides is 1. The molecule has 0 spiro atoms. The number of halogens is 1. The molecule has 9 heteroatoms. The van der Waals surface area contributed by atoms with Crippen LogP contribution in [0.15, 0.2) is 82.2 Å². The van der Waals surface area contributed by atoms with Crippen LogP contribution in [0.4, 0.5) is 5.69 Å². The highest BCUT2D eigenvalue weighted by Gasteiger charge is 2.33. The number of aryl methyl sites for hydroxylation is 2. The zero-order valence-electron chi connectivity index (χ0n) is 22.1. The first kappa shape index (κ1) is 29.4. The molecule has 7 nitrogen and oxygen atoms in total. The van der Waals surface area contributed by atoms with Gasteiger partial charge in [0, 0.05) is 17.6 Å². The van der Waals surface area contributed by atoms with Crippen molar-refractivity contribution < 1.29 is 18.0 Å². The number of anilines is 1. The number of benzene rings is 3. The van der Waals surface area contributed by atoms with Gasteiger partial charge in [0.15, 0.2) is 0 Å². The van der Waals surface area contributed by atoms with Crippen LogP contribution in [0.25, 0.3) is 0 Å². The molecule has 0 radical (unpaired) electrons. The lowest BCUT2D eigenvalue weighted by atomic mass is 10.1. The smallest absolute Gasteiger partial charge is 0.264 e. The van der Waals surface area contributed by atoms with Gasteiger partial charge in [-0.2, -0.15) is 0 Å². The molecule has 1 unspecified atom stereocenters. The summed E-state index contributed by atoms with van der Waals surface area (Å²) in [4.78, 5) is 28.3. The van der Waals surface area contributed by atoms with Gasteiger partial charge >= 0.3 is 0 Å². The normalized spacial score (nSPS) is 12.0. The second-order valence-electron chi connectivity index (χ2n) is 9.23. The molecule has 0 aromatic heterocycles. The summed E-state index contributed by atoms with van der Waals surface area (Å²) >= 11 is 3.42. The van der Waals surface area contributed by atoms with Crippen LogP contribution in [0.3, 0.4) is 0 Å². The minimum atomic E-state index is -4.08. The van der Waals surface area contributed by atoms with Gasteiger partial charge in [-0.3, -0.25) is 13.9 Å². The molecule has 0 aliphatic carbocycles. The molecule has 3 aromatic rings. The van der Waals surface area contributed by atoms with Crippen LogP contribution >= 0.6 is 15.9 Å². The van der Waals surface area contributed by atoms with Crippen molar-refractivity contribution in [3.63, 3.8) is 0 Å². The van der Waals surface area contributed by atoms with Crippen LogP contribution in [0, 0.1) is 13.8 Å². The number of nitrogens with zero attached hydrogens (tertiary/aromatic N) is 2. The van der Waals surface area contributed by atoms with Crippen molar-refractivity contribution in [2.75, 3.05) is 17.4 Å². The lowest BCUT2D eigenvalue weighted by Crippen LogP contribution is -2.51. The van der Waals surface area contributed by atoms with Crippen molar-refractivity contribution in [3.05, 3.63) is 94.0 Å². The highest BCUT2D eigenvalue weighted by Crippen LogP contribution is 2.28. The fraction of sp³-hybridized carbons (Fsp3) is 0.310. The van der Waals surface area contributed by atoms with E-state index in [-0.39, 0.29) is 17.3 Å². The molecule has 0 fully saturated rings. The SMILES string of the molecule is CCCNC(=O)C(C)N(Cc1ccc(Br)cc1)C(=O)CN(c1ccc(C)cc1C)S(=O)(=O)c1ccccc1. The van der Waals surface area contributed by atoms with Crippen LogP contribution in [0.2, 0.25) is 0 Å². The van der Waals surface area contributed by atoms with Crippen molar-refractivity contribution in [1.82, 2.24) is 10.2 Å². The Kier molecular flexibility index (Phi) is 10.1. The Morgan fingerprint density at radius 3 is 2.24 bits per heavy atom. The molecular formula is C29H34BrN3O4S. The van der Waals surface area contributed by atoms with Crippen LogP contribution in [-0.2, 0) is 26.2 Å². The molecule has 0 bridgehead atoms. The Morgan fingerprint density at radius 1 is 0.974 bits per heavy atom. The molecule has 1 atom stereocenters. The molecule has 2 amide bonds. The molecule has 202 valence electrons. The average Bonchev–Trinajstić information content (AvgIpc) is 2.90. The Bertz CT molecular complexity index is 1360. The van der Waals surface area contributed by atoms with Gasteiger partial charge < -0.3 is 10.2 Å². The van der Waals surface area contributed by atoms with E-state index in [1.165, 1.54) is 17.0 Å². The van der Waals surface area contributed by atoms with Gasteiger partial charge in [-0.15, -0.1) is 0 Å². The van der Waals surface area contributed by atoms with Crippen LogP contribution in [0.1, 0.15) is 37.0 Å². The number of hydrogen-bond donors (Lipinski definition) is 1. The highest BCUT2D eigenvalue weighted by atomic mass is 79.9. The number of nitrogens with one attached hydrogen (secondary N) is 1. The third-order valence-corrected chi connectivity index (χ3v) is 8.52. The molecule has 3 rings (SSSR count). The maximum atomic E-state index is 13.9. The molecule has 0 heterocycles. The van der Waals surface area contributed by atoms with Crippen LogP contribution in [0.5, 0.6) is 0 Å². The summed E-state index contributed by atoms with van der Waals surface area (Å²) in [6.07, 6.45) is 0.759. The summed E-state index contributed by atoms with van der Waals surface area (Å²) in [5.41, 5.74) is 2.94. The van der Waals surface area contributed by atoms with Crippen molar-refractivity contribution in [2.45, 2.75) is 51.6 Å². The summed E-state index contributed by atoms with van der Waals surface area (Å²) < 4.78 is 29.7. The van der Waals surface area contributed by atoms with E-state index in [4.69, 9.17) is 0 Å². The van der Waals surface area contributed by atoms with E-state index in [0.717, 1.165) is 31.9 Å². The zero-order chi connectivity index (χ0) is 27.9. The number of rotatable bonds is 11. The first-order valence-electron chi connectivity index (χ1n) is 12.5. The third-order valence-electron chi connectivity index (χ3n) is 6.21. The zero-order valence-corrected chi connectivity index (χ0v) is 24.6. The predicted octanol–water partition coefficient (Wildman–Crippen LogP) is 5.20. The monoisotopic (exact) mass is 599 g/mol. The molecular weight excluding hydrogens is 566 g/mol. The summed E-state index contributed by atoms with van der Waals surface area (Å²) in [5.74, 6) is -0.771. The Morgan fingerprint density at radius 2 is 1.63 bits per heavy atom. The van der Waals surface area contributed by atoms with Crippen molar-refractivity contribution in [2.24, 2.45) is 0 Å². The molecule has 0 saturated carbocycles. The van der Waals surface area contributed by atoms with Gasteiger partial charge in [0.25, 0.3) is 10.0 Å². The van der Waals surface area contributed by atoms with E-state index in [2.05, 4.69) is 21.2 Å².